The highest BCUT2D eigenvalue weighted by Gasteiger charge is 2.45. The predicted molar refractivity (Wildman–Crippen MR) is 78.0 cm³/mol. The lowest BCUT2D eigenvalue weighted by atomic mass is 10.0. The highest BCUT2D eigenvalue weighted by atomic mass is 35.5. The molecule has 0 spiro atoms. The average molecular weight is 291 g/mol. The molecule has 0 radical (unpaired) electrons. The van der Waals surface area contributed by atoms with Gasteiger partial charge in [-0.3, -0.25) is 4.79 Å². The van der Waals surface area contributed by atoms with Crippen molar-refractivity contribution in [3.8, 4) is 0 Å². The van der Waals surface area contributed by atoms with E-state index in [1.165, 1.54) is 0 Å². The van der Waals surface area contributed by atoms with Crippen molar-refractivity contribution in [2.24, 2.45) is 11.8 Å². The van der Waals surface area contributed by atoms with Crippen LogP contribution in [-0.4, -0.2) is 12.9 Å². The van der Waals surface area contributed by atoms with E-state index in [2.05, 4.69) is 6.58 Å². The highest BCUT2D eigenvalue weighted by molar-refractivity contribution is 6.35. The van der Waals surface area contributed by atoms with Gasteiger partial charge < -0.3 is 9.15 Å². The number of allylic oxidation sites excluding steroid dienone is 1. The van der Waals surface area contributed by atoms with Gasteiger partial charge >= 0.3 is 0 Å². The van der Waals surface area contributed by atoms with Gasteiger partial charge in [0.25, 0.3) is 0 Å². The summed E-state index contributed by atoms with van der Waals surface area (Å²) in [7, 11) is 1.58. The van der Waals surface area contributed by atoms with Crippen molar-refractivity contribution < 1.29 is 13.9 Å². The van der Waals surface area contributed by atoms with Crippen molar-refractivity contribution in [3.05, 3.63) is 46.9 Å². The van der Waals surface area contributed by atoms with E-state index in [0.29, 0.717) is 21.9 Å². The number of hydrogen-bond acceptors (Lipinski definition) is 3. The number of ketones is 1. The monoisotopic (exact) mass is 290 g/mol. The number of benzene rings is 1. The third-order valence-electron chi connectivity index (χ3n) is 3.78. The number of aryl methyl sites for hydroxylation is 1. The first-order chi connectivity index (χ1) is 9.51. The zero-order valence-electron chi connectivity index (χ0n) is 11.4. The average Bonchev–Trinajstić information content (AvgIpc) is 3.12. The fourth-order valence-electron chi connectivity index (χ4n) is 2.59. The van der Waals surface area contributed by atoms with Crippen molar-refractivity contribution in [2.45, 2.75) is 13.3 Å². The van der Waals surface area contributed by atoms with E-state index in [9.17, 15) is 4.79 Å². The van der Waals surface area contributed by atoms with Gasteiger partial charge in [0.2, 0.25) is 0 Å². The summed E-state index contributed by atoms with van der Waals surface area (Å²) < 4.78 is 10.6. The summed E-state index contributed by atoms with van der Waals surface area (Å²) in [6.07, 6.45) is 0.797. The van der Waals surface area contributed by atoms with Crippen molar-refractivity contribution >= 4 is 28.4 Å². The molecule has 0 bridgehead atoms. The maximum absolute atomic E-state index is 12.5. The Labute approximate surface area is 122 Å². The van der Waals surface area contributed by atoms with Gasteiger partial charge in [0, 0.05) is 22.8 Å². The number of rotatable bonds is 4. The lowest BCUT2D eigenvalue weighted by Crippen LogP contribution is -2.04. The summed E-state index contributed by atoms with van der Waals surface area (Å²) in [5.74, 6) is 1.64. The third kappa shape index (κ3) is 2.12. The lowest BCUT2D eigenvalue weighted by Gasteiger charge is -2.04. The van der Waals surface area contributed by atoms with E-state index in [-0.39, 0.29) is 17.6 Å². The Morgan fingerprint density at radius 3 is 2.85 bits per heavy atom. The first kappa shape index (κ1) is 13.3. The van der Waals surface area contributed by atoms with Crippen LogP contribution in [0.15, 0.2) is 35.0 Å². The minimum atomic E-state index is -0.0380. The number of furan rings is 1. The number of hydrogen-bond donors (Lipinski definition) is 0. The number of methoxy groups -OCH3 is 1. The van der Waals surface area contributed by atoms with Crippen LogP contribution in [0, 0.1) is 18.8 Å². The van der Waals surface area contributed by atoms with E-state index < -0.39 is 0 Å². The maximum atomic E-state index is 12.5. The summed E-state index contributed by atoms with van der Waals surface area (Å²) in [6, 6.07) is 5.40. The van der Waals surface area contributed by atoms with Crippen LogP contribution in [0.1, 0.15) is 22.5 Å². The standard InChI is InChI=1S/C16H15ClO3/c1-8-4-11-5-10(6-14(17)16(11)20-8)15(18)13-7-12(13)9(2)19-3/h4-6,12-13H,2,7H2,1,3H3. The molecule has 1 aromatic carbocycles. The van der Waals surface area contributed by atoms with Gasteiger partial charge in [-0.1, -0.05) is 18.2 Å². The third-order valence-corrected chi connectivity index (χ3v) is 4.06. The predicted octanol–water partition coefficient (Wildman–Crippen LogP) is 4.37. The molecule has 4 heteroatoms. The van der Waals surface area contributed by atoms with Crippen molar-refractivity contribution in [1.29, 1.82) is 0 Å². The van der Waals surface area contributed by atoms with E-state index in [1.54, 1.807) is 13.2 Å². The Balaban J connectivity index is 1.91. The Morgan fingerprint density at radius 1 is 1.40 bits per heavy atom. The van der Waals surface area contributed by atoms with Gasteiger partial charge in [-0.15, -0.1) is 0 Å². The zero-order chi connectivity index (χ0) is 14.4. The molecule has 3 nitrogen and oxygen atoms in total. The van der Waals surface area contributed by atoms with E-state index in [1.807, 2.05) is 19.1 Å². The van der Waals surface area contributed by atoms with Crippen LogP contribution in [0.25, 0.3) is 11.0 Å². The lowest BCUT2D eigenvalue weighted by molar-refractivity contribution is 0.0958. The Bertz CT molecular complexity index is 714. The van der Waals surface area contributed by atoms with E-state index in [0.717, 1.165) is 17.6 Å². The van der Waals surface area contributed by atoms with Gasteiger partial charge in [-0.2, -0.15) is 0 Å². The van der Waals surface area contributed by atoms with Crippen molar-refractivity contribution in [2.75, 3.05) is 7.11 Å². The zero-order valence-corrected chi connectivity index (χ0v) is 12.2. The van der Waals surface area contributed by atoms with Gasteiger partial charge in [0.05, 0.1) is 17.9 Å². The molecule has 1 aliphatic rings. The first-order valence-corrected chi connectivity index (χ1v) is 6.85. The van der Waals surface area contributed by atoms with Crippen LogP contribution in [0.4, 0.5) is 0 Å². The molecule has 3 rings (SSSR count). The van der Waals surface area contributed by atoms with E-state index >= 15 is 0 Å². The summed E-state index contributed by atoms with van der Waals surface area (Å²) in [5.41, 5.74) is 1.26. The SMILES string of the molecule is C=C(OC)C1CC1C(=O)c1cc(Cl)c2oc(C)cc2c1. The summed E-state index contributed by atoms with van der Waals surface area (Å²) in [6.45, 7) is 5.68. The normalized spacial score (nSPS) is 20.9. The molecule has 1 aromatic heterocycles. The molecule has 1 heterocycles. The minimum absolute atomic E-state index is 0.0380. The number of carbonyl (C=O) groups is 1. The number of carbonyl (C=O) groups excluding carboxylic acids is 1. The molecule has 1 fully saturated rings. The Hall–Kier alpha value is -1.74. The molecular weight excluding hydrogens is 276 g/mol. The highest BCUT2D eigenvalue weighted by Crippen LogP contribution is 2.46. The van der Waals surface area contributed by atoms with Gasteiger partial charge in [-0.05, 0) is 31.5 Å². The smallest absolute Gasteiger partial charge is 0.166 e. The van der Waals surface area contributed by atoms with Gasteiger partial charge in [0.1, 0.15) is 5.76 Å². The first-order valence-electron chi connectivity index (χ1n) is 6.48. The van der Waals surface area contributed by atoms with Crippen LogP contribution >= 0.6 is 11.6 Å². The van der Waals surface area contributed by atoms with Crippen LogP contribution in [0.3, 0.4) is 0 Å². The molecule has 2 atom stereocenters. The quantitative estimate of drug-likeness (QED) is 0.620. The molecule has 0 N–H and O–H groups in total. The second-order valence-corrected chi connectivity index (χ2v) is 5.62. The number of ether oxygens (including phenoxy) is 1. The molecule has 2 aromatic rings. The molecule has 1 saturated carbocycles. The van der Waals surface area contributed by atoms with E-state index in [4.69, 9.17) is 20.8 Å². The molecular formula is C16H15ClO3. The topological polar surface area (TPSA) is 39.4 Å². The molecule has 20 heavy (non-hydrogen) atoms. The van der Waals surface area contributed by atoms with Crippen LogP contribution in [0.5, 0.6) is 0 Å². The molecule has 2 unspecified atom stereocenters. The van der Waals surface area contributed by atoms with Gasteiger partial charge in [-0.25, -0.2) is 0 Å². The number of fused-ring (bicyclic) bond motifs is 1. The van der Waals surface area contributed by atoms with Crippen LogP contribution in [-0.2, 0) is 4.74 Å². The van der Waals surface area contributed by atoms with Crippen molar-refractivity contribution in [1.82, 2.24) is 0 Å². The summed E-state index contributed by atoms with van der Waals surface area (Å²) in [4.78, 5) is 12.5. The molecule has 104 valence electrons. The maximum Gasteiger partial charge on any atom is 0.166 e. The van der Waals surface area contributed by atoms with Crippen molar-refractivity contribution in [3.63, 3.8) is 0 Å². The Kier molecular flexibility index (Phi) is 3.09. The van der Waals surface area contributed by atoms with Crippen LogP contribution in [0.2, 0.25) is 5.02 Å². The minimum Gasteiger partial charge on any atom is -0.501 e. The molecule has 0 amide bonds. The van der Waals surface area contributed by atoms with Crippen LogP contribution < -0.4 is 0 Å². The second-order valence-electron chi connectivity index (χ2n) is 5.22. The second kappa shape index (κ2) is 4.67. The molecule has 0 saturated heterocycles. The number of halogens is 1. The molecule has 1 aliphatic carbocycles. The summed E-state index contributed by atoms with van der Waals surface area (Å²) >= 11 is 6.18. The fraction of sp³-hybridized carbons (Fsp3) is 0.312. The fourth-order valence-corrected chi connectivity index (χ4v) is 2.85. The summed E-state index contributed by atoms with van der Waals surface area (Å²) in [5, 5.41) is 1.34. The molecule has 0 aliphatic heterocycles. The Morgan fingerprint density at radius 2 is 2.15 bits per heavy atom. The largest absolute Gasteiger partial charge is 0.501 e. The van der Waals surface area contributed by atoms with Gasteiger partial charge in [0.15, 0.2) is 11.4 Å². The number of Topliss-reactive ketones (excluding diaryl/α,β-unsaturated/α-hetero) is 1.